The second kappa shape index (κ2) is 4.92. The quantitative estimate of drug-likeness (QED) is 0.809. The standard InChI is InChI=1S/C12H14ClF3N2O/c1-18-6-2-5-11(19,7-18)8-3-4-9(12(14,15)16)17-10(8)13/h3-4,19H,2,5-7H2,1H3. The van der Waals surface area contributed by atoms with Crippen LogP contribution in [0.25, 0.3) is 0 Å². The first-order valence-electron chi connectivity index (χ1n) is 5.87. The normalized spacial score (nSPS) is 25.6. The van der Waals surface area contributed by atoms with Gasteiger partial charge in [-0.2, -0.15) is 13.2 Å². The Labute approximate surface area is 114 Å². The number of nitrogens with zero attached hydrogens (tertiary/aromatic N) is 2. The average molecular weight is 295 g/mol. The Hall–Kier alpha value is -0.850. The van der Waals surface area contributed by atoms with Gasteiger partial charge in [-0.3, -0.25) is 0 Å². The molecule has 19 heavy (non-hydrogen) atoms. The van der Waals surface area contributed by atoms with Gasteiger partial charge in [0.2, 0.25) is 0 Å². The molecule has 0 radical (unpaired) electrons. The Morgan fingerprint density at radius 2 is 2.11 bits per heavy atom. The van der Waals surface area contributed by atoms with Gasteiger partial charge in [-0.1, -0.05) is 17.7 Å². The Kier molecular flexibility index (Phi) is 3.77. The summed E-state index contributed by atoms with van der Waals surface area (Å²) in [6.07, 6.45) is -3.32. The van der Waals surface area contributed by atoms with Crippen molar-refractivity contribution in [2.45, 2.75) is 24.6 Å². The lowest BCUT2D eigenvalue weighted by Gasteiger charge is -2.38. The maximum absolute atomic E-state index is 12.5. The first kappa shape index (κ1) is 14.6. The van der Waals surface area contributed by atoms with Gasteiger partial charge in [-0.15, -0.1) is 0 Å². The minimum absolute atomic E-state index is 0.258. The molecule has 2 rings (SSSR count). The lowest BCUT2D eigenvalue weighted by atomic mass is 9.86. The van der Waals surface area contributed by atoms with Crippen LogP contribution >= 0.6 is 11.6 Å². The molecule has 0 aliphatic carbocycles. The molecule has 1 N–H and O–H groups in total. The molecule has 0 spiro atoms. The molecule has 1 aromatic rings. The first-order chi connectivity index (χ1) is 8.72. The predicted octanol–water partition coefficient (Wildman–Crippen LogP) is 2.67. The highest BCUT2D eigenvalue weighted by Crippen LogP contribution is 2.36. The zero-order valence-corrected chi connectivity index (χ0v) is 11.1. The number of hydrogen-bond donors (Lipinski definition) is 1. The van der Waals surface area contributed by atoms with E-state index >= 15 is 0 Å². The summed E-state index contributed by atoms with van der Waals surface area (Å²) in [4.78, 5) is 5.27. The maximum Gasteiger partial charge on any atom is 0.433 e. The van der Waals surface area contributed by atoms with E-state index in [2.05, 4.69) is 4.98 Å². The van der Waals surface area contributed by atoms with Crippen LogP contribution in [0.3, 0.4) is 0 Å². The van der Waals surface area contributed by atoms with Crippen LogP contribution in [-0.2, 0) is 11.8 Å². The zero-order chi connectivity index (χ0) is 14.3. The molecular weight excluding hydrogens is 281 g/mol. The molecule has 1 aliphatic heterocycles. The van der Waals surface area contributed by atoms with Crippen molar-refractivity contribution in [2.75, 3.05) is 20.1 Å². The number of likely N-dealkylation sites (N-methyl/N-ethyl adjacent to an activating group) is 1. The van der Waals surface area contributed by atoms with Gasteiger partial charge in [0, 0.05) is 12.1 Å². The van der Waals surface area contributed by atoms with Gasteiger partial charge < -0.3 is 10.0 Å². The second-order valence-corrected chi connectivity index (χ2v) is 5.26. The van der Waals surface area contributed by atoms with Crippen LogP contribution in [0, 0.1) is 0 Å². The summed E-state index contributed by atoms with van der Waals surface area (Å²) >= 11 is 5.82. The molecule has 1 saturated heterocycles. The summed E-state index contributed by atoms with van der Waals surface area (Å²) in [5, 5.41) is 10.3. The molecule has 2 heterocycles. The minimum atomic E-state index is -4.53. The number of halogens is 4. The van der Waals surface area contributed by atoms with E-state index in [0.29, 0.717) is 13.0 Å². The molecule has 1 unspecified atom stereocenters. The highest BCUT2D eigenvalue weighted by Gasteiger charge is 2.38. The fourth-order valence-electron chi connectivity index (χ4n) is 2.41. The number of alkyl halides is 3. The third-order valence-electron chi connectivity index (χ3n) is 3.30. The van der Waals surface area contributed by atoms with Crippen molar-refractivity contribution in [1.29, 1.82) is 0 Å². The van der Waals surface area contributed by atoms with Gasteiger partial charge in [0.25, 0.3) is 0 Å². The number of hydrogen-bond acceptors (Lipinski definition) is 3. The van der Waals surface area contributed by atoms with Crippen molar-refractivity contribution in [3.05, 3.63) is 28.5 Å². The number of piperidine rings is 1. The summed E-state index contributed by atoms with van der Waals surface area (Å²) in [5.74, 6) is 0. The number of β-amino-alcohol motifs (C(OH)–C–C–N with tert-alkyl or cyclic N) is 1. The van der Waals surface area contributed by atoms with Gasteiger partial charge in [0.1, 0.15) is 16.4 Å². The van der Waals surface area contributed by atoms with Crippen molar-refractivity contribution in [1.82, 2.24) is 9.88 Å². The van der Waals surface area contributed by atoms with E-state index in [1.165, 1.54) is 6.07 Å². The predicted molar refractivity (Wildman–Crippen MR) is 64.9 cm³/mol. The molecule has 7 heteroatoms. The van der Waals surface area contributed by atoms with Crippen molar-refractivity contribution >= 4 is 11.6 Å². The molecule has 1 atom stereocenters. The van der Waals surface area contributed by atoms with Gasteiger partial charge in [-0.25, -0.2) is 4.98 Å². The third-order valence-corrected chi connectivity index (χ3v) is 3.59. The molecule has 0 amide bonds. The molecule has 0 saturated carbocycles. The van der Waals surface area contributed by atoms with Crippen molar-refractivity contribution in [3.8, 4) is 0 Å². The number of rotatable bonds is 1. The molecular formula is C12H14ClF3N2O. The molecule has 0 aromatic carbocycles. The first-order valence-corrected chi connectivity index (χ1v) is 6.25. The van der Waals surface area contributed by atoms with E-state index in [4.69, 9.17) is 11.6 Å². The molecule has 1 aromatic heterocycles. The van der Waals surface area contributed by atoms with E-state index in [-0.39, 0.29) is 10.7 Å². The third kappa shape index (κ3) is 3.01. The number of likely N-dealkylation sites (tertiary alicyclic amines) is 1. The van der Waals surface area contributed by atoms with Crippen LogP contribution in [0.15, 0.2) is 12.1 Å². The van der Waals surface area contributed by atoms with Crippen LogP contribution in [0.2, 0.25) is 5.15 Å². The molecule has 106 valence electrons. The van der Waals surface area contributed by atoms with Crippen LogP contribution in [-0.4, -0.2) is 35.1 Å². The van der Waals surface area contributed by atoms with Crippen LogP contribution in [0.4, 0.5) is 13.2 Å². The Bertz CT molecular complexity index is 481. The highest BCUT2D eigenvalue weighted by atomic mass is 35.5. The molecule has 0 bridgehead atoms. The Morgan fingerprint density at radius 1 is 1.42 bits per heavy atom. The Morgan fingerprint density at radius 3 is 2.63 bits per heavy atom. The van der Waals surface area contributed by atoms with Crippen molar-refractivity contribution in [3.63, 3.8) is 0 Å². The smallest absolute Gasteiger partial charge is 0.384 e. The van der Waals surface area contributed by atoms with Crippen molar-refractivity contribution < 1.29 is 18.3 Å². The van der Waals surface area contributed by atoms with E-state index < -0.39 is 17.5 Å². The molecule has 1 aliphatic rings. The summed E-state index contributed by atoms with van der Waals surface area (Å²) < 4.78 is 37.5. The van der Waals surface area contributed by atoms with Gasteiger partial charge in [0.15, 0.2) is 0 Å². The lowest BCUT2D eigenvalue weighted by molar-refractivity contribution is -0.141. The van der Waals surface area contributed by atoms with Crippen LogP contribution < -0.4 is 0 Å². The number of pyridine rings is 1. The lowest BCUT2D eigenvalue weighted by Crippen LogP contribution is -2.44. The van der Waals surface area contributed by atoms with Gasteiger partial charge in [-0.05, 0) is 32.5 Å². The topological polar surface area (TPSA) is 36.4 Å². The monoisotopic (exact) mass is 294 g/mol. The SMILES string of the molecule is CN1CCCC(O)(c2ccc(C(F)(F)F)nc2Cl)C1. The fourth-order valence-corrected chi connectivity index (χ4v) is 2.74. The van der Waals surface area contributed by atoms with E-state index in [1.807, 2.05) is 11.9 Å². The summed E-state index contributed by atoms with van der Waals surface area (Å²) in [6.45, 7) is 1.17. The number of aromatic nitrogens is 1. The van der Waals surface area contributed by atoms with E-state index in [9.17, 15) is 18.3 Å². The van der Waals surface area contributed by atoms with Crippen LogP contribution in [0.1, 0.15) is 24.1 Å². The average Bonchev–Trinajstić information content (AvgIpc) is 2.26. The Balaban J connectivity index is 2.35. The van der Waals surface area contributed by atoms with E-state index in [1.54, 1.807) is 0 Å². The highest BCUT2D eigenvalue weighted by molar-refractivity contribution is 6.30. The molecule has 1 fully saturated rings. The van der Waals surface area contributed by atoms with Crippen LogP contribution in [0.5, 0.6) is 0 Å². The largest absolute Gasteiger partial charge is 0.433 e. The van der Waals surface area contributed by atoms with Gasteiger partial charge >= 0.3 is 6.18 Å². The summed E-state index contributed by atoms with van der Waals surface area (Å²) in [5.41, 5.74) is -2.02. The number of aliphatic hydroxyl groups is 1. The maximum atomic E-state index is 12.5. The zero-order valence-electron chi connectivity index (χ0n) is 10.3. The second-order valence-electron chi connectivity index (χ2n) is 4.91. The minimum Gasteiger partial charge on any atom is -0.384 e. The summed E-state index contributed by atoms with van der Waals surface area (Å²) in [7, 11) is 1.84. The fraction of sp³-hybridized carbons (Fsp3) is 0.583. The summed E-state index contributed by atoms with van der Waals surface area (Å²) in [6, 6.07) is 2.07. The van der Waals surface area contributed by atoms with Gasteiger partial charge in [0.05, 0.1) is 0 Å². The van der Waals surface area contributed by atoms with Crippen molar-refractivity contribution in [2.24, 2.45) is 0 Å². The van der Waals surface area contributed by atoms with E-state index in [0.717, 1.165) is 19.0 Å². The molecule has 3 nitrogen and oxygen atoms in total.